The number of halogens is 2. The molecule has 3 aromatic rings. The monoisotopic (exact) mass is 537 g/mol. The Morgan fingerprint density at radius 3 is 2.32 bits per heavy atom. The molecular weight excluding hydrogens is 508 g/mol. The molecule has 1 aliphatic rings. The number of para-hydroxylation sites is 1. The predicted molar refractivity (Wildman–Crippen MR) is 143 cm³/mol. The highest BCUT2D eigenvalue weighted by Crippen LogP contribution is 2.43. The van der Waals surface area contributed by atoms with Crippen molar-refractivity contribution in [2.45, 2.75) is 48.9 Å². The molecule has 3 atom stereocenters. The van der Waals surface area contributed by atoms with Gasteiger partial charge in [-0.2, -0.15) is 0 Å². The van der Waals surface area contributed by atoms with Crippen LogP contribution in [0, 0.1) is 17.6 Å². The van der Waals surface area contributed by atoms with Crippen LogP contribution in [-0.4, -0.2) is 29.8 Å². The van der Waals surface area contributed by atoms with Gasteiger partial charge in [0.2, 0.25) is 17.7 Å². The maximum Gasteiger partial charge on any atom is 0.248 e. The van der Waals surface area contributed by atoms with E-state index < -0.39 is 40.8 Å². The summed E-state index contributed by atoms with van der Waals surface area (Å²) in [5, 5.41) is 8.06. The van der Waals surface area contributed by atoms with Crippen LogP contribution in [0.25, 0.3) is 0 Å². The number of carbonyl (C=O) groups excluding carboxylic acids is 3. The van der Waals surface area contributed by atoms with Gasteiger partial charge in [0.1, 0.15) is 23.7 Å². The third kappa shape index (κ3) is 6.98. The summed E-state index contributed by atoms with van der Waals surface area (Å²) in [7, 11) is 0. The molecule has 198 valence electrons. The van der Waals surface area contributed by atoms with Gasteiger partial charge in [0, 0.05) is 11.0 Å². The highest BCUT2D eigenvalue weighted by Gasteiger charge is 2.37. The van der Waals surface area contributed by atoms with E-state index in [0.29, 0.717) is 12.1 Å². The molecule has 0 fully saturated rings. The van der Waals surface area contributed by atoms with E-state index in [9.17, 15) is 23.2 Å². The predicted octanol–water partition coefficient (Wildman–Crippen LogP) is 5.01. The van der Waals surface area contributed by atoms with Gasteiger partial charge in [0.25, 0.3) is 0 Å². The Morgan fingerprint density at radius 1 is 0.974 bits per heavy atom. The van der Waals surface area contributed by atoms with Crippen molar-refractivity contribution in [1.29, 1.82) is 0 Å². The minimum atomic E-state index is -0.944. The molecule has 9 heteroatoms. The van der Waals surface area contributed by atoms with Gasteiger partial charge < -0.3 is 16.0 Å². The van der Waals surface area contributed by atoms with Gasteiger partial charge >= 0.3 is 0 Å². The van der Waals surface area contributed by atoms with Crippen molar-refractivity contribution in [2.24, 2.45) is 5.92 Å². The van der Waals surface area contributed by atoms with Crippen LogP contribution in [0.5, 0.6) is 0 Å². The number of thioether (sulfide) groups is 1. The Bertz CT molecular complexity index is 1300. The van der Waals surface area contributed by atoms with Gasteiger partial charge in [-0.05, 0) is 47.7 Å². The summed E-state index contributed by atoms with van der Waals surface area (Å²) in [6.45, 7) is 3.82. The maximum atomic E-state index is 13.6. The first-order valence-corrected chi connectivity index (χ1v) is 13.2. The van der Waals surface area contributed by atoms with E-state index in [-0.39, 0.29) is 23.8 Å². The second-order valence-corrected chi connectivity index (χ2v) is 10.8. The topological polar surface area (TPSA) is 87.3 Å². The lowest BCUT2D eigenvalue weighted by atomic mass is 10.00. The fraction of sp³-hybridized carbons (Fsp3) is 0.276. The van der Waals surface area contributed by atoms with Crippen molar-refractivity contribution in [3.05, 3.63) is 95.6 Å². The Morgan fingerprint density at radius 2 is 1.63 bits per heavy atom. The fourth-order valence-electron chi connectivity index (χ4n) is 4.37. The zero-order valence-electron chi connectivity index (χ0n) is 21.0. The van der Waals surface area contributed by atoms with E-state index in [1.807, 2.05) is 68.4 Å². The van der Waals surface area contributed by atoms with Crippen molar-refractivity contribution < 1.29 is 23.2 Å². The molecule has 0 spiro atoms. The van der Waals surface area contributed by atoms with Crippen LogP contribution in [0.3, 0.4) is 0 Å². The van der Waals surface area contributed by atoms with Crippen molar-refractivity contribution in [2.75, 3.05) is 5.32 Å². The van der Waals surface area contributed by atoms with E-state index in [1.165, 1.54) is 11.8 Å². The molecule has 4 rings (SSSR count). The molecule has 3 aromatic carbocycles. The molecule has 38 heavy (non-hydrogen) atoms. The normalized spacial score (nSPS) is 17.7. The van der Waals surface area contributed by atoms with Crippen molar-refractivity contribution in [3.63, 3.8) is 0 Å². The summed E-state index contributed by atoms with van der Waals surface area (Å²) in [5.74, 6) is -2.95. The van der Waals surface area contributed by atoms with Crippen molar-refractivity contribution in [1.82, 2.24) is 10.6 Å². The second-order valence-electron chi connectivity index (χ2n) is 9.62. The van der Waals surface area contributed by atoms with Gasteiger partial charge in [-0.1, -0.05) is 56.3 Å². The number of carbonyl (C=O) groups is 3. The molecule has 0 radical (unpaired) electrons. The third-order valence-electron chi connectivity index (χ3n) is 6.06. The summed E-state index contributed by atoms with van der Waals surface area (Å²) in [6.07, 6.45) is 0.0189. The number of fused-ring (bicyclic) bond motifs is 1. The second kappa shape index (κ2) is 12.2. The van der Waals surface area contributed by atoms with Gasteiger partial charge in [-0.15, -0.1) is 11.8 Å². The molecule has 3 amide bonds. The van der Waals surface area contributed by atoms with Gasteiger partial charge in [-0.3, -0.25) is 14.4 Å². The number of hydrogen-bond donors (Lipinski definition) is 3. The van der Waals surface area contributed by atoms with Gasteiger partial charge in [-0.25, -0.2) is 8.78 Å². The minimum Gasteiger partial charge on any atom is -0.344 e. The quantitative estimate of drug-likeness (QED) is 0.377. The average molecular weight is 538 g/mol. The molecule has 0 saturated carbocycles. The van der Waals surface area contributed by atoms with Gasteiger partial charge in [0.05, 0.1) is 17.4 Å². The van der Waals surface area contributed by atoms with Crippen molar-refractivity contribution in [3.8, 4) is 0 Å². The molecule has 1 heterocycles. The first kappa shape index (κ1) is 27.3. The molecule has 0 aliphatic carbocycles. The molecule has 1 aliphatic heterocycles. The summed E-state index contributed by atoms with van der Waals surface area (Å²) < 4.78 is 27.1. The number of nitrogens with one attached hydrogen (secondary N) is 3. The fourth-order valence-corrected chi connectivity index (χ4v) is 5.67. The summed E-state index contributed by atoms with van der Waals surface area (Å²) in [4.78, 5) is 40.5. The minimum absolute atomic E-state index is 0.0455. The number of hydrogen-bond acceptors (Lipinski definition) is 4. The van der Waals surface area contributed by atoms with Crippen molar-refractivity contribution >= 4 is 35.2 Å². The van der Waals surface area contributed by atoms with E-state index in [2.05, 4.69) is 16.0 Å². The Balaban J connectivity index is 1.56. The lowest BCUT2D eigenvalue weighted by Gasteiger charge is -2.27. The molecular formula is C29H29F2N3O3S. The van der Waals surface area contributed by atoms with Crippen LogP contribution in [0.15, 0.2) is 77.7 Å². The third-order valence-corrected chi connectivity index (χ3v) is 7.46. The average Bonchev–Trinajstić information content (AvgIpc) is 2.99. The molecule has 0 saturated heterocycles. The van der Waals surface area contributed by atoms with E-state index in [0.717, 1.165) is 28.7 Å². The smallest absolute Gasteiger partial charge is 0.248 e. The molecule has 0 aromatic heterocycles. The number of rotatable bonds is 8. The van der Waals surface area contributed by atoms with Crippen LogP contribution in [0.2, 0.25) is 0 Å². The first-order chi connectivity index (χ1) is 18.2. The number of anilines is 1. The van der Waals surface area contributed by atoms with E-state index in [1.54, 1.807) is 0 Å². The maximum absolute atomic E-state index is 13.6. The van der Waals surface area contributed by atoms with Crippen LogP contribution in [0.4, 0.5) is 14.5 Å². The summed E-state index contributed by atoms with van der Waals surface area (Å²) >= 11 is 1.47. The lowest BCUT2D eigenvalue weighted by molar-refractivity contribution is -0.131. The van der Waals surface area contributed by atoms with E-state index in [4.69, 9.17) is 0 Å². The number of benzene rings is 3. The van der Waals surface area contributed by atoms with Crippen LogP contribution < -0.4 is 16.0 Å². The Kier molecular flexibility index (Phi) is 8.78. The van der Waals surface area contributed by atoms with Crippen LogP contribution >= 0.6 is 11.8 Å². The number of amides is 3. The molecule has 6 nitrogen and oxygen atoms in total. The van der Waals surface area contributed by atoms with Crippen LogP contribution in [0.1, 0.15) is 36.6 Å². The summed E-state index contributed by atoms with van der Waals surface area (Å²) in [6, 6.07) is 17.9. The Hall–Kier alpha value is -3.72. The summed E-state index contributed by atoms with van der Waals surface area (Å²) in [5.41, 5.74) is 1.69. The SMILES string of the molecule is CC(C)C[C@H](NC(=O)Cc1cc(F)cc(F)c1)C(=O)N[C@@H]1C(=O)Nc2ccccc2S[C@@H]1c1ccccc1. The zero-order chi connectivity index (χ0) is 27.2. The van der Waals surface area contributed by atoms with Crippen LogP contribution in [-0.2, 0) is 20.8 Å². The first-order valence-electron chi connectivity index (χ1n) is 12.4. The molecule has 0 unspecified atom stereocenters. The highest BCUT2D eigenvalue weighted by molar-refractivity contribution is 7.99. The standard InChI is InChI=1S/C29H29F2N3O3S/c1-17(2)12-23(32-25(35)15-18-13-20(30)16-21(31)14-18)28(36)34-26-27(19-8-4-3-5-9-19)38-24-11-7-6-10-22(24)33-29(26)37/h3-11,13-14,16-17,23,26-27H,12,15H2,1-2H3,(H,32,35)(H,33,37)(H,34,36)/t23-,26-,27+/m0/s1. The molecule has 0 bridgehead atoms. The van der Waals surface area contributed by atoms with E-state index >= 15 is 0 Å². The van der Waals surface area contributed by atoms with Gasteiger partial charge in [0.15, 0.2) is 0 Å². The Labute approximate surface area is 224 Å². The highest BCUT2D eigenvalue weighted by atomic mass is 32.2. The largest absolute Gasteiger partial charge is 0.344 e. The lowest BCUT2D eigenvalue weighted by Crippen LogP contribution is -2.54. The zero-order valence-corrected chi connectivity index (χ0v) is 21.9. The molecule has 3 N–H and O–H groups in total.